The Labute approximate surface area is 74.9 Å². The van der Waals surface area contributed by atoms with Gasteiger partial charge in [0.25, 0.3) is 0 Å². The van der Waals surface area contributed by atoms with Gasteiger partial charge in [0, 0.05) is 19.0 Å². The number of amides is 1. The van der Waals surface area contributed by atoms with E-state index >= 15 is 0 Å². The highest BCUT2D eigenvalue weighted by atomic mass is 16.2. The van der Waals surface area contributed by atoms with E-state index in [-0.39, 0.29) is 11.8 Å². The lowest BCUT2D eigenvalue weighted by atomic mass is 9.99. The maximum absolute atomic E-state index is 11.5. The van der Waals surface area contributed by atoms with Crippen LogP contribution in [0.15, 0.2) is 0 Å². The molecule has 0 bridgehead atoms. The van der Waals surface area contributed by atoms with Crippen molar-refractivity contribution in [1.82, 2.24) is 4.90 Å². The first-order chi connectivity index (χ1) is 5.61. The summed E-state index contributed by atoms with van der Waals surface area (Å²) in [6.45, 7) is 9.69. The van der Waals surface area contributed by atoms with Gasteiger partial charge in [-0.1, -0.05) is 13.8 Å². The summed E-state index contributed by atoms with van der Waals surface area (Å²) in [4.78, 5) is 13.5. The molecule has 1 aliphatic rings. The summed E-state index contributed by atoms with van der Waals surface area (Å²) in [5.74, 6) is 0.861. The summed E-state index contributed by atoms with van der Waals surface area (Å²) in [6.07, 6.45) is 2.29. The van der Waals surface area contributed by atoms with Crippen molar-refractivity contribution in [3.63, 3.8) is 0 Å². The van der Waals surface area contributed by atoms with Crippen molar-refractivity contribution in [3.8, 4) is 0 Å². The van der Waals surface area contributed by atoms with Gasteiger partial charge >= 0.3 is 0 Å². The second-order valence-corrected chi connectivity index (χ2v) is 3.95. The molecule has 0 spiro atoms. The second-order valence-electron chi connectivity index (χ2n) is 3.95. The Morgan fingerprint density at radius 1 is 1.58 bits per heavy atom. The van der Waals surface area contributed by atoms with Crippen molar-refractivity contribution in [2.75, 3.05) is 13.1 Å². The molecule has 1 saturated heterocycles. The van der Waals surface area contributed by atoms with E-state index < -0.39 is 0 Å². The van der Waals surface area contributed by atoms with Crippen LogP contribution in [0.1, 0.15) is 26.7 Å². The predicted molar refractivity (Wildman–Crippen MR) is 49.5 cm³/mol. The third kappa shape index (κ3) is 2.23. The summed E-state index contributed by atoms with van der Waals surface area (Å²) in [7, 11) is 0. The lowest BCUT2D eigenvalue weighted by Gasteiger charge is -2.32. The number of carbonyl (C=O) groups excluding carboxylic acids is 1. The van der Waals surface area contributed by atoms with Crippen molar-refractivity contribution < 1.29 is 4.79 Å². The molecule has 0 aromatic rings. The van der Waals surface area contributed by atoms with Crippen LogP contribution in [0.2, 0.25) is 0 Å². The van der Waals surface area contributed by atoms with Gasteiger partial charge in [0.15, 0.2) is 0 Å². The van der Waals surface area contributed by atoms with Crippen molar-refractivity contribution in [3.05, 3.63) is 6.92 Å². The number of likely N-dealkylation sites (tertiary alicyclic amines) is 1. The smallest absolute Gasteiger partial charge is 0.225 e. The molecule has 1 amide bonds. The maximum atomic E-state index is 11.5. The van der Waals surface area contributed by atoms with Gasteiger partial charge in [-0.2, -0.15) is 0 Å². The zero-order valence-electron chi connectivity index (χ0n) is 8.05. The minimum Gasteiger partial charge on any atom is -0.342 e. The predicted octanol–water partition coefficient (Wildman–Crippen LogP) is 1.72. The van der Waals surface area contributed by atoms with E-state index in [0.717, 1.165) is 19.5 Å². The molecule has 2 heteroatoms. The zero-order chi connectivity index (χ0) is 9.14. The topological polar surface area (TPSA) is 20.3 Å². The highest BCUT2D eigenvalue weighted by Crippen LogP contribution is 2.16. The van der Waals surface area contributed by atoms with Gasteiger partial charge in [0.2, 0.25) is 5.91 Å². The molecule has 0 saturated carbocycles. The summed E-state index contributed by atoms with van der Waals surface area (Å²) < 4.78 is 0. The minimum atomic E-state index is 0.135. The van der Waals surface area contributed by atoms with Crippen LogP contribution in [-0.2, 0) is 4.79 Å². The van der Waals surface area contributed by atoms with Gasteiger partial charge in [-0.3, -0.25) is 4.79 Å². The Kier molecular flexibility index (Phi) is 3.12. The Bertz CT molecular complexity index is 165. The first kappa shape index (κ1) is 9.56. The lowest BCUT2D eigenvalue weighted by molar-refractivity contribution is -0.135. The molecule has 0 aromatic heterocycles. The molecule has 69 valence electrons. The molecule has 1 unspecified atom stereocenters. The Hall–Kier alpha value is -0.530. The Morgan fingerprint density at radius 2 is 2.25 bits per heavy atom. The average Bonchev–Trinajstić information content (AvgIpc) is 2.03. The van der Waals surface area contributed by atoms with Gasteiger partial charge < -0.3 is 4.90 Å². The van der Waals surface area contributed by atoms with Crippen LogP contribution >= 0.6 is 0 Å². The molecule has 1 radical (unpaired) electrons. The van der Waals surface area contributed by atoms with E-state index in [1.54, 1.807) is 0 Å². The normalized spacial score (nSPS) is 24.7. The quantitative estimate of drug-likeness (QED) is 0.583. The Balaban J connectivity index is 2.46. The van der Waals surface area contributed by atoms with Crippen LogP contribution in [0, 0.1) is 18.8 Å². The SMILES string of the molecule is [CH2]C1CCCN(C(=O)C(C)C)C1. The van der Waals surface area contributed by atoms with Crippen LogP contribution < -0.4 is 0 Å². The Morgan fingerprint density at radius 3 is 2.75 bits per heavy atom. The summed E-state index contributed by atoms with van der Waals surface area (Å²) in [6, 6.07) is 0. The molecule has 0 N–H and O–H groups in total. The highest BCUT2D eigenvalue weighted by Gasteiger charge is 2.22. The van der Waals surface area contributed by atoms with Crippen molar-refractivity contribution in [2.45, 2.75) is 26.7 Å². The standard InChI is InChI=1S/C10H18NO/c1-8(2)10(12)11-6-4-5-9(3)7-11/h8-9H,3-7H2,1-2H3. The molecule has 0 aliphatic carbocycles. The number of hydrogen-bond donors (Lipinski definition) is 0. The first-order valence-electron chi connectivity index (χ1n) is 4.73. The second kappa shape index (κ2) is 3.92. The fraction of sp³-hybridized carbons (Fsp3) is 0.800. The summed E-state index contributed by atoms with van der Waals surface area (Å²) in [5, 5.41) is 0. The number of nitrogens with zero attached hydrogens (tertiary/aromatic N) is 1. The summed E-state index contributed by atoms with van der Waals surface area (Å²) in [5.41, 5.74) is 0. The monoisotopic (exact) mass is 168 g/mol. The fourth-order valence-electron chi connectivity index (χ4n) is 1.63. The zero-order valence-corrected chi connectivity index (χ0v) is 8.05. The van der Waals surface area contributed by atoms with Crippen molar-refractivity contribution in [1.29, 1.82) is 0 Å². The van der Waals surface area contributed by atoms with Crippen LogP contribution in [-0.4, -0.2) is 23.9 Å². The van der Waals surface area contributed by atoms with Gasteiger partial charge in [-0.25, -0.2) is 0 Å². The molecule has 1 aliphatic heterocycles. The fourth-order valence-corrected chi connectivity index (χ4v) is 1.63. The van der Waals surface area contributed by atoms with E-state index in [9.17, 15) is 4.79 Å². The average molecular weight is 168 g/mol. The molecule has 12 heavy (non-hydrogen) atoms. The van der Waals surface area contributed by atoms with Crippen LogP contribution in [0.3, 0.4) is 0 Å². The van der Waals surface area contributed by atoms with E-state index in [1.165, 1.54) is 6.42 Å². The molecular weight excluding hydrogens is 150 g/mol. The lowest BCUT2D eigenvalue weighted by Crippen LogP contribution is -2.41. The molecule has 2 nitrogen and oxygen atoms in total. The first-order valence-corrected chi connectivity index (χ1v) is 4.73. The van der Waals surface area contributed by atoms with Gasteiger partial charge in [-0.05, 0) is 25.7 Å². The van der Waals surface area contributed by atoms with Crippen LogP contribution in [0.25, 0.3) is 0 Å². The van der Waals surface area contributed by atoms with E-state index in [4.69, 9.17) is 0 Å². The van der Waals surface area contributed by atoms with Crippen LogP contribution in [0.4, 0.5) is 0 Å². The van der Waals surface area contributed by atoms with Gasteiger partial charge in [-0.15, -0.1) is 0 Å². The molecular formula is C10H18NO. The molecule has 1 atom stereocenters. The number of piperidine rings is 1. The number of rotatable bonds is 1. The third-order valence-corrected chi connectivity index (χ3v) is 2.32. The van der Waals surface area contributed by atoms with Crippen molar-refractivity contribution in [2.24, 2.45) is 11.8 Å². The van der Waals surface area contributed by atoms with Gasteiger partial charge in [0.05, 0.1) is 0 Å². The number of hydrogen-bond acceptors (Lipinski definition) is 1. The third-order valence-electron chi connectivity index (χ3n) is 2.32. The maximum Gasteiger partial charge on any atom is 0.225 e. The van der Waals surface area contributed by atoms with Crippen molar-refractivity contribution >= 4 is 5.91 Å². The van der Waals surface area contributed by atoms with Crippen LogP contribution in [0.5, 0.6) is 0 Å². The van der Waals surface area contributed by atoms with E-state index in [2.05, 4.69) is 6.92 Å². The molecule has 0 aromatic carbocycles. The largest absolute Gasteiger partial charge is 0.342 e. The minimum absolute atomic E-state index is 0.135. The highest BCUT2D eigenvalue weighted by molar-refractivity contribution is 5.78. The number of carbonyl (C=O) groups is 1. The molecule has 1 fully saturated rings. The summed E-state index contributed by atoms with van der Waals surface area (Å²) >= 11 is 0. The van der Waals surface area contributed by atoms with E-state index in [0.29, 0.717) is 5.92 Å². The molecule has 1 rings (SSSR count). The molecule has 1 heterocycles. The van der Waals surface area contributed by atoms with E-state index in [1.807, 2.05) is 18.7 Å². The van der Waals surface area contributed by atoms with Gasteiger partial charge in [0.1, 0.15) is 0 Å².